The van der Waals surface area contributed by atoms with Gasteiger partial charge in [-0.05, 0) is 38.8 Å². The first-order valence-corrected chi connectivity index (χ1v) is 9.72. The van der Waals surface area contributed by atoms with Gasteiger partial charge in [-0.2, -0.15) is 0 Å². The number of likely N-dealkylation sites (N-methyl/N-ethyl adjacent to an activating group) is 1. The monoisotopic (exact) mass is 372 g/mol. The van der Waals surface area contributed by atoms with Crippen molar-refractivity contribution in [2.24, 2.45) is 10.9 Å². The Kier molecular flexibility index (Phi) is 15.2. The third-order valence-corrected chi connectivity index (χ3v) is 3.46. The van der Waals surface area contributed by atoms with Crippen molar-refractivity contribution < 1.29 is 20.4 Å². The van der Waals surface area contributed by atoms with Crippen LogP contribution in [0.15, 0.2) is 16.6 Å². The smallest absolute Gasteiger partial charge is 0.161 e. The van der Waals surface area contributed by atoms with Gasteiger partial charge in [0.15, 0.2) is 5.78 Å². The fraction of sp³-hybridized carbons (Fsp3) is 0.800. The lowest BCUT2D eigenvalue weighted by molar-refractivity contribution is -0.118. The predicted molar refractivity (Wildman–Crippen MR) is 109 cm³/mol. The highest BCUT2D eigenvalue weighted by Gasteiger charge is 2.12. The quantitative estimate of drug-likeness (QED) is 0.207. The summed E-state index contributed by atoms with van der Waals surface area (Å²) in [7, 11) is 0. The number of aliphatic imine (C=N–C) groups is 1. The highest BCUT2D eigenvalue weighted by Crippen LogP contribution is 2.09. The minimum Gasteiger partial charge on any atom is -0.377 e. The van der Waals surface area contributed by atoms with Crippen molar-refractivity contribution >= 4 is 11.6 Å². The van der Waals surface area contributed by atoms with Gasteiger partial charge in [0.1, 0.15) is 5.84 Å². The lowest BCUT2D eigenvalue weighted by atomic mass is 9.98. The predicted octanol–water partition coefficient (Wildman–Crippen LogP) is 3.26. The number of ether oxygens (including phenoxy) is 3. The average molecular weight is 373 g/mol. The highest BCUT2D eigenvalue weighted by atomic mass is 16.5. The van der Waals surface area contributed by atoms with Gasteiger partial charge in [-0.3, -0.25) is 9.79 Å². The largest absolute Gasteiger partial charge is 0.377 e. The van der Waals surface area contributed by atoms with E-state index >= 15 is 0 Å². The molecule has 0 unspecified atom stereocenters. The Labute approximate surface area is 160 Å². The number of hydrogen-bond donors (Lipinski definition) is 1. The first-order chi connectivity index (χ1) is 12.4. The molecule has 0 spiro atoms. The normalized spacial score (nSPS) is 12.9. The van der Waals surface area contributed by atoms with E-state index in [1.165, 1.54) is 0 Å². The minimum atomic E-state index is -0.00153. The molecular weight excluding hydrogens is 332 g/mol. The molecule has 26 heavy (non-hydrogen) atoms. The van der Waals surface area contributed by atoms with Crippen molar-refractivity contribution in [1.82, 2.24) is 5.32 Å². The first-order valence-electron chi connectivity index (χ1n) is 9.72. The van der Waals surface area contributed by atoms with E-state index in [1.54, 1.807) is 0 Å². The standard InChI is InChI=1S/C20H38N2O4.H2/c1-7-18(20(23)16(3)4)15-19(21-8-2)22-9-10-24-11-12-25-13-14-26-17(5)6;/h15-17H,7-14H2,1-6H3,(H,21,22);1H/b18-15+;. The molecule has 0 atom stereocenters. The molecule has 1 N–H and O–H groups in total. The van der Waals surface area contributed by atoms with E-state index in [2.05, 4.69) is 10.3 Å². The van der Waals surface area contributed by atoms with Gasteiger partial charge in [0.25, 0.3) is 0 Å². The van der Waals surface area contributed by atoms with Crippen LogP contribution in [0, 0.1) is 5.92 Å². The van der Waals surface area contributed by atoms with Gasteiger partial charge in [-0.25, -0.2) is 0 Å². The molecule has 0 fully saturated rings. The Hall–Kier alpha value is -1.24. The van der Waals surface area contributed by atoms with E-state index < -0.39 is 0 Å². The lowest BCUT2D eigenvalue weighted by Gasteiger charge is -2.10. The Morgan fingerprint density at radius 2 is 1.65 bits per heavy atom. The van der Waals surface area contributed by atoms with Crippen LogP contribution in [0.3, 0.4) is 0 Å². The molecule has 0 bridgehead atoms. The number of nitrogens with one attached hydrogen (secondary N) is 1. The number of nitrogens with zero attached hydrogens (tertiary/aromatic N) is 1. The van der Waals surface area contributed by atoms with Gasteiger partial charge < -0.3 is 19.5 Å². The molecule has 6 heteroatoms. The fourth-order valence-electron chi connectivity index (χ4n) is 2.11. The summed E-state index contributed by atoms with van der Waals surface area (Å²) in [5, 5.41) is 3.20. The summed E-state index contributed by atoms with van der Waals surface area (Å²) < 4.78 is 16.3. The Balaban J connectivity index is 0. The molecule has 0 aliphatic rings. The molecule has 0 aromatic carbocycles. The molecule has 0 saturated carbocycles. The molecule has 0 saturated heterocycles. The molecular formula is C20H40N2O4. The van der Waals surface area contributed by atoms with E-state index in [1.807, 2.05) is 47.6 Å². The maximum absolute atomic E-state index is 12.2. The van der Waals surface area contributed by atoms with Crippen LogP contribution in [0.2, 0.25) is 0 Å². The zero-order valence-corrected chi connectivity index (χ0v) is 17.5. The number of allylic oxidation sites excluding steroid dienone is 1. The molecule has 0 aromatic rings. The topological polar surface area (TPSA) is 69.2 Å². The van der Waals surface area contributed by atoms with E-state index in [4.69, 9.17) is 14.2 Å². The number of Topliss-reactive ketones (excluding diaryl/α,β-unsaturated/α-hetero) is 1. The van der Waals surface area contributed by atoms with Gasteiger partial charge in [0, 0.05) is 13.9 Å². The molecule has 154 valence electrons. The fourth-order valence-corrected chi connectivity index (χ4v) is 2.11. The number of rotatable bonds is 15. The number of carbonyl (C=O) groups is 1. The summed E-state index contributed by atoms with van der Waals surface area (Å²) >= 11 is 0. The summed E-state index contributed by atoms with van der Waals surface area (Å²) in [6, 6.07) is 0. The number of amidine groups is 1. The van der Waals surface area contributed by atoms with Crippen LogP contribution in [0.5, 0.6) is 0 Å². The van der Waals surface area contributed by atoms with Crippen LogP contribution in [-0.4, -0.2) is 63.8 Å². The number of hydrogen-bond acceptors (Lipinski definition) is 5. The van der Waals surface area contributed by atoms with Gasteiger partial charge in [0.2, 0.25) is 0 Å². The second kappa shape index (κ2) is 16.0. The average Bonchev–Trinajstić information content (AvgIpc) is 2.59. The zero-order chi connectivity index (χ0) is 19.8. The number of carbonyl (C=O) groups excluding carboxylic acids is 1. The maximum atomic E-state index is 12.2. The minimum absolute atomic E-state index is 0. The molecule has 0 aliphatic heterocycles. The summed E-state index contributed by atoms with van der Waals surface area (Å²) in [5.41, 5.74) is 0.803. The molecule has 0 radical (unpaired) electrons. The van der Waals surface area contributed by atoms with E-state index in [9.17, 15) is 4.79 Å². The third kappa shape index (κ3) is 13.0. The molecule has 6 nitrogen and oxygen atoms in total. The van der Waals surface area contributed by atoms with Crippen molar-refractivity contribution in [2.45, 2.75) is 54.1 Å². The van der Waals surface area contributed by atoms with Crippen molar-refractivity contribution in [2.75, 3.05) is 46.1 Å². The third-order valence-electron chi connectivity index (χ3n) is 3.46. The molecule has 0 heterocycles. The molecule has 0 amide bonds. The van der Waals surface area contributed by atoms with Crippen LogP contribution >= 0.6 is 0 Å². The van der Waals surface area contributed by atoms with Crippen molar-refractivity contribution in [3.8, 4) is 0 Å². The zero-order valence-electron chi connectivity index (χ0n) is 17.5. The van der Waals surface area contributed by atoms with Crippen LogP contribution in [0.1, 0.15) is 49.4 Å². The van der Waals surface area contributed by atoms with Crippen LogP contribution in [0.4, 0.5) is 0 Å². The molecule has 0 rings (SSSR count). The van der Waals surface area contributed by atoms with Crippen LogP contribution in [-0.2, 0) is 19.0 Å². The summed E-state index contributed by atoms with van der Waals surface area (Å²) in [5.74, 6) is 0.912. The Morgan fingerprint density at radius 1 is 1.04 bits per heavy atom. The second-order valence-electron chi connectivity index (χ2n) is 6.48. The van der Waals surface area contributed by atoms with Crippen molar-refractivity contribution in [3.05, 3.63) is 11.6 Å². The van der Waals surface area contributed by atoms with Gasteiger partial charge in [-0.15, -0.1) is 0 Å². The van der Waals surface area contributed by atoms with E-state index in [0.717, 1.165) is 18.0 Å². The summed E-state index contributed by atoms with van der Waals surface area (Å²) in [6.07, 6.45) is 2.80. The van der Waals surface area contributed by atoms with Gasteiger partial charge >= 0.3 is 0 Å². The Morgan fingerprint density at radius 3 is 2.19 bits per heavy atom. The van der Waals surface area contributed by atoms with Gasteiger partial charge in [0.05, 0.1) is 45.7 Å². The van der Waals surface area contributed by atoms with Crippen LogP contribution < -0.4 is 5.32 Å². The van der Waals surface area contributed by atoms with Crippen LogP contribution in [0.25, 0.3) is 0 Å². The van der Waals surface area contributed by atoms with Crippen molar-refractivity contribution in [1.29, 1.82) is 0 Å². The molecule has 0 aliphatic carbocycles. The summed E-state index contributed by atoms with van der Waals surface area (Å²) in [6.45, 7) is 15.9. The maximum Gasteiger partial charge on any atom is 0.161 e. The molecule has 0 aromatic heterocycles. The second-order valence-corrected chi connectivity index (χ2v) is 6.48. The lowest BCUT2D eigenvalue weighted by Crippen LogP contribution is -2.24. The SMILES string of the molecule is CCNC(/C=C(\CC)C(=O)C(C)C)=NCCOCCOCCOC(C)C.[HH]. The van der Waals surface area contributed by atoms with E-state index in [0.29, 0.717) is 46.0 Å². The van der Waals surface area contributed by atoms with Gasteiger partial charge in [-0.1, -0.05) is 20.8 Å². The first kappa shape index (κ1) is 24.8. The Bertz CT molecular complexity index is 438. The van der Waals surface area contributed by atoms with Crippen molar-refractivity contribution in [3.63, 3.8) is 0 Å². The van der Waals surface area contributed by atoms with E-state index in [-0.39, 0.29) is 19.2 Å². The number of ketones is 1. The summed E-state index contributed by atoms with van der Waals surface area (Å²) in [4.78, 5) is 16.7. The highest BCUT2D eigenvalue weighted by molar-refractivity contribution is 6.04.